The van der Waals surface area contributed by atoms with Crippen LogP contribution >= 0.6 is 11.6 Å². The van der Waals surface area contributed by atoms with E-state index in [0.717, 1.165) is 9.87 Å². The molecule has 3 rings (SSSR count). The van der Waals surface area contributed by atoms with E-state index in [1.807, 2.05) is 0 Å². The summed E-state index contributed by atoms with van der Waals surface area (Å²) in [5.74, 6) is 0.129. The average Bonchev–Trinajstić information content (AvgIpc) is 2.86. The summed E-state index contributed by atoms with van der Waals surface area (Å²) in [6.45, 7) is 1.21. The number of carbonyl (C=O) groups is 1. The lowest BCUT2D eigenvalue weighted by atomic mass is 10.1. The van der Waals surface area contributed by atoms with Crippen LogP contribution < -0.4 is 19.2 Å². The lowest BCUT2D eigenvalue weighted by Crippen LogP contribution is -2.39. The molecule has 0 fully saturated rings. The van der Waals surface area contributed by atoms with Gasteiger partial charge in [0.15, 0.2) is 11.5 Å². The SMILES string of the molecule is COc1ccc(N(CC(=O)N/N=C(/C)c2ccc(Cl)cc2)S(=O)(=O)c2ccccc2)cc1OC. The lowest BCUT2D eigenvalue weighted by Gasteiger charge is -2.24. The van der Waals surface area contributed by atoms with E-state index in [1.165, 1.54) is 38.5 Å². The van der Waals surface area contributed by atoms with Gasteiger partial charge in [-0.05, 0) is 48.9 Å². The molecule has 0 saturated carbocycles. The number of hydrogen-bond donors (Lipinski definition) is 1. The number of anilines is 1. The van der Waals surface area contributed by atoms with Crippen molar-refractivity contribution >= 4 is 38.9 Å². The first-order chi connectivity index (χ1) is 16.3. The minimum absolute atomic E-state index is 0.0402. The molecule has 34 heavy (non-hydrogen) atoms. The molecule has 178 valence electrons. The molecule has 0 bridgehead atoms. The summed E-state index contributed by atoms with van der Waals surface area (Å²) in [7, 11) is -1.16. The van der Waals surface area contributed by atoms with Gasteiger partial charge in [-0.1, -0.05) is 41.9 Å². The number of ether oxygens (including phenoxy) is 2. The Kier molecular flexibility index (Phi) is 8.14. The van der Waals surface area contributed by atoms with E-state index >= 15 is 0 Å². The highest BCUT2D eigenvalue weighted by Crippen LogP contribution is 2.33. The monoisotopic (exact) mass is 501 g/mol. The fourth-order valence-corrected chi connectivity index (χ4v) is 4.64. The lowest BCUT2D eigenvalue weighted by molar-refractivity contribution is -0.119. The molecule has 3 aromatic rings. The third-order valence-corrected chi connectivity index (χ3v) is 6.92. The summed E-state index contributed by atoms with van der Waals surface area (Å²) in [5.41, 5.74) is 3.95. The van der Waals surface area contributed by atoms with Gasteiger partial charge in [-0.25, -0.2) is 13.8 Å². The largest absolute Gasteiger partial charge is 0.493 e. The predicted molar refractivity (Wildman–Crippen MR) is 132 cm³/mol. The van der Waals surface area contributed by atoms with Crippen molar-refractivity contribution < 1.29 is 22.7 Å². The zero-order chi connectivity index (χ0) is 24.7. The third-order valence-electron chi connectivity index (χ3n) is 4.88. The minimum atomic E-state index is -4.08. The average molecular weight is 502 g/mol. The first-order valence-corrected chi connectivity index (χ1v) is 12.0. The van der Waals surface area contributed by atoms with Gasteiger partial charge in [0.05, 0.1) is 30.5 Å². The van der Waals surface area contributed by atoms with Crippen molar-refractivity contribution in [3.8, 4) is 11.5 Å². The van der Waals surface area contributed by atoms with Crippen molar-refractivity contribution in [2.75, 3.05) is 25.1 Å². The topological polar surface area (TPSA) is 97.3 Å². The standard InChI is InChI=1S/C24H24ClN3O5S/c1-17(18-9-11-19(25)12-10-18)26-27-24(29)16-28(34(30,31)21-7-5-4-6-8-21)20-13-14-22(32-2)23(15-20)33-3/h4-15H,16H2,1-3H3,(H,27,29)/b26-17-. The fourth-order valence-electron chi connectivity index (χ4n) is 3.08. The summed E-state index contributed by atoms with van der Waals surface area (Å²) in [5, 5.41) is 4.68. The van der Waals surface area contributed by atoms with Gasteiger partial charge in [-0.3, -0.25) is 9.10 Å². The van der Waals surface area contributed by atoms with Crippen LogP contribution in [0.25, 0.3) is 0 Å². The number of hydrazone groups is 1. The Morgan fingerprint density at radius 3 is 2.24 bits per heavy atom. The van der Waals surface area contributed by atoms with Crippen LogP contribution in [0.2, 0.25) is 5.02 Å². The number of benzene rings is 3. The van der Waals surface area contributed by atoms with Crippen molar-refractivity contribution in [3.63, 3.8) is 0 Å². The van der Waals surface area contributed by atoms with Crippen LogP contribution in [0, 0.1) is 0 Å². The number of nitrogens with one attached hydrogen (secondary N) is 1. The molecule has 10 heteroatoms. The maximum atomic E-state index is 13.4. The van der Waals surface area contributed by atoms with Gasteiger partial charge in [-0.2, -0.15) is 5.10 Å². The van der Waals surface area contributed by atoms with Crippen molar-refractivity contribution in [3.05, 3.63) is 83.4 Å². The minimum Gasteiger partial charge on any atom is -0.493 e. The smallest absolute Gasteiger partial charge is 0.264 e. The molecule has 0 radical (unpaired) electrons. The quantitative estimate of drug-likeness (QED) is 0.352. The number of methoxy groups -OCH3 is 2. The molecule has 0 heterocycles. The third kappa shape index (κ3) is 5.86. The molecule has 0 aliphatic rings. The van der Waals surface area contributed by atoms with E-state index in [2.05, 4.69) is 10.5 Å². The normalized spacial score (nSPS) is 11.6. The Morgan fingerprint density at radius 2 is 1.62 bits per heavy atom. The van der Waals surface area contributed by atoms with E-state index in [1.54, 1.807) is 55.5 Å². The summed E-state index contributed by atoms with van der Waals surface area (Å²) >= 11 is 5.90. The van der Waals surface area contributed by atoms with Crippen molar-refractivity contribution in [1.29, 1.82) is 0 Å². The highest BCUT2D eigenvalue weighted by molar-refractivity contribution is 7.92. The Balaban J connectivity index is 1.92. The highest BCUT2D eigenvalue weighted by Gasteiger charge is 2.28. The van der Waals surface area contributed by atoms with Crippen molar-refractivity contribution in [2.24, 2.45) is 5.10 Å². The van der Waals surface area contributed by atoms with Gasteiger partial charge in [-0.15, -0.1) is 0 Å². The van der Waals surface area contributed by atoms with E-state index < -0.39 is 22.5 Å². The molecule has 0 aromatic heterocycles. The zero-order valence-electron chi connectivity index (χ0n) is 18.9. The zero-order valence-corrected chi connectivity index (χ0v) is 20.4. The molecule has 8 nitrogen and oxygen atoms in total. The van der Waals surface area contributed by atoms with Gasteiger partial charge in [0.25, 0.3) is 15.9 Å². The first kappa shape index (κ1) is 25.1. The fraction of sp³-hybridized carbons (Fsp3) is 0.167. The predicted octanol–water partition coefficient (Wildman–Crippen LogP) is 4.09. The van der Waals surface area contributed by atoms with Gasteiger partial charge in [0.1, 0.15) is 6.54 Å². The molecule has 0 saturated heterocycles. The molecule has 3 aromatic carbocycles. The molecule has 1 amide bonds. The Labute approximate surface area is 203 Å². The number of halogens is 1. The number of sulfonamides is 1. The number of amides is 1. The molecule has 0 unspecified atom stereocenters. The maximum absolute atomic E-state index is 13.4. The Bertz CT molecular complexity index is 1280. The number of hydrogen-bond acceptors (Lipinski definition) is 6. The van der Waals surface area contributed by atoms with Crippen LogP contribution in [0.15, 0.2) is 82.8 Å². The van der Waals surface area contributed by atoms with E-state index in [4.69, 9.17) is 21.1 Å². The summed E-state index contributed by atoms with van der Waals surface area (Å²) < 4.78 is 38.4. The molecular weight excluding hydrogens is 478 g/mol. The van der Waals surface area contributed by atoms with Crippen LogP contribution in [-0.2, 0) is 14.8 Å². The van der Waals surface area contributed by atoms with Crippen molar-refractivity contribution in [1.82, 2.24) is 5.43 Å². The van der Waals surface area contributed by atoms with E-state index in [9.17, 15) is 13.2 Å². The van der Waals surface area contributed by atoms with Crippen LogP contribution in [0.4, 0.5) is 5.69 Å². The molecule has 1 N–H and O–H groups in total. The van der Waals surface area contributed by atoms with Crippen molar-refractivity contribution in [2.45, 2.75) is 11.8 Å². The van der Waals surface area contributed by atoms with Crippen LogP contribution in [0.3, 0.4) is 0 Å². The molecular formula is C24H24ClN3O5S. The molecule has 0 spiro atoms. The first-order valence-electron chi connectivity index (χ1n) is 10.1. The maximum Gasteiger partial charge on any atom is 0.264 e. The van der Waals surface area contributed by atoms with Crippen LogP contribution in [0.1, 0.15) is 12.5 Å². The highest BCUT2D eigenvalue weighted by atomic mass is 35.5. The Hall–Kier alpha value is -3.56. The second-order valence-corrected chi connectivity index (χ2v) is 9.40. The summed E-state index contributed by atoms with van der Waals surface area (Å²) in [4.78, 5) is 12.8. The van der Waals surface area contributed by atoms with Gasteiger partial charge >= 0.3 is 0 Å². The Morgan fingerprint density at radius 1 is 0.971 bits per heavy atom. The van der Waals surface area contributed by atoms with Crippen LogP contribution in [-0.4, -0.2) is 40.8 Å². The second kappa shape index (κ2) is 11.0. The van der Waals surface area contributed by atoms with E-state index in [0.29, 0.717) is 22.2 Å². The summed E-state index contributed by atoms with van der Waals surface area (Å²) in [6.07, 6.45) is 0. The number of rotatable bonds is 9. The molecule has 0 aliphatic carbocycles. The van der Waals surface area contributed by atoms with Gasteiger partial charge < -0.3 is 9.47 Å². The van der Waals surface area contributed by atoms with Gasteiger partial charge in [0, 0.05) is 11.1 Å². The molecule has 0 atom stereocenters. The molecule has 0 aliphatic heterocycles. The number of nitrogens with zero attached hydrogens (tertiary/aromatic N) is 2. The van der Waals surface area contributed by atoms with Crippen LogP contribution in [0.5, 0.6) is 11.5 Å². The number of carbonyl (C=O) groups excluding carboxylic acids is 1. The second-order valence-electron chi connectivity index (χ2n) is 7.10. The summed E-state index contributed by atoms with van der Waals surface area (Å²) in [6, 6.07) is 19.4. The van der Waals surface area contributed by atoms with Gasteiger partial charge in [0.2, 0.25) is 0 Å². The van der Waals surface area contributed by atoms with E-state index in [-0.39, 0.29) is 10.6 Å².